The minimum atomic E-state index is -1.20. The fraction of sp³-hybridized carbons (Fsp3) is 0.700. The van der Waals surface area contributed by atoms with Crippen molar-refractivity contribution in [1.29, 1.82) is 0 Å². The van der Waals surface area contributed by atoms with Crippen molar-refractivity contribution in [3.05, 3.63) is 35.2 Å². The number of carbonyl (C=O) groups is 2. The lowest BCUT2D eigenvalue weighted by Crippen LogP contribution is -2.45. The number of nitrogens with zero attached hydrogens (tertiary/aromatic N) is 1. The number of aliphatic hydroxyl groups excluding tert-OH is 2. The van der Waals surface area contributed by atoms with Crippen molar-refractivity contribution in [2.75, 3.05) is 0 Å². The first-order valence-corrected chi connectivity index (χ1v) is 13.7. The zero-order valence-electron chi connectivity index (χ0n) is 22.9. The lowest BCUT2D eigenvalue weighted by Gasteiger charge is -2.34. The molecular formula is C30H45NO5. The van der Waals surface area contributed by atoms with Crippen LogP contribution in [0.25, 0.3) is 6.08 Å². The Labute approximate surface area is 216 Å². The summed E-state index contributed by atoms with van der Waals surface area (Å²) >= 11 is 0. The standard InChI is InChI=1S/C30H45NO5/c1-7-21-11-12-24(31-17-21)13-19(3)25-15-23-14-22(23)10-8-9-18(2)28(34)20(4)29(35)30(5,6)26(32)16-27(33)36-25/h11-13,17-18,20,22-23,25-26,28,32,34H,7-10,14-16H2,1-6H3/b19-13+/t18-,20+,22-,23-,25-,26-,28-/m0/s1. The van der Waals surface area contributed by atoms with Gasteiger partial charge in [0.05, 0.1) is 29.7 Å². The van der Waals surface area contributed by atoms with E-state index in [1.165, 1.54) is 5.56 Å². The number of pyridine rings is 1. The molecule has 6 heteroatoms. The third-order valence-corrected chi connectivity index (χ3v) is 8.57. The van der Waals surface area contributed by atoms with Crippen LogP contribution in [0.5, 0.6) is 0 Å². The molecule has 2 aliphatic rings. The monoisotopic (exact) mass is 499 g/mol. The van der Waals surface area contributed by atoms with Crippen LogP contribution >= 0.6 is 0 Å². The van der Waals surface area contributed by atoms with Crippen LogP contribution in [-0.4, -0.2) is 45.3 Å². The largest absolute Gasteiger partial charge is 0.458 e. The molecule has 3 rings (SSSR count). The molecule has 1 aromatic rings. The third-order valence-electron chi connectivity index (χ3n) is 8.57. The first-order valence-electron chi connectivity index (χ1n) is 13.7. The summed E-state index contributed by atoms with van der Waals surface area (Å²) in [4.78, 5) is 30.7. The van der Waals surface area contributed by atoms with Gasteiger partial charge in [-0.3, -0.25) is 14.6 Å². The molecule has 6 nitrogen and oxygen atoms in total. The molecule has 2 heterocycles. The predicted molar refractivity (Wildman–Crippen MR) is 141 cm³/mol. The number of aromatic nitrogens is 1. The molecule has 1 saturated carbocycles. The van der Waals surface area contributed by atoms with E-state index in [0.29, 0.717) is 11.8 Å². The molecule has 0 bridgehead atoms. The number of Topliss-reactive ketones (excluding diaryl/α,β-unsaturated/α-hetero) is 1. The summed E-state index contributed by atoms with van der Waals surface area (Å²) in [6, 6.07) is 4.04. The number of cyclic esters (lactones) is 1. The summed E-state index contributed by atoms with van der Waals surface area (Å²) in [6.45, 7) is 11.1. The number of fused-ring (bicyclic) bond motifs is 1. The molecule has 36 heavy (non-hydrogen) atoms. The van der Waals surface area contributed by atoms with Crippen LogP contribution in [0.2, 0.25) is 0 Å². The maximum Gasteiger partial charge on any atom is 0.309 e. The summed E-state index contributed by atoms with van der Waals surface area (Å²) in [5, 5.41) is 21.7. The molecule has 2 fully saturated rings. The average molecular weight is 500 g/mol. The maximum absolute atomic E-state index is 13.2. The van der Waals surface area contributed by atoms with E-state index < -0.39 is 35.6 Å². The number of ether oxygens (including phenoxy) is 1. The van der Waals surface area contributed by atoms with Gasteiger partial charge in [-0.1, -0.05) is 53.5 Å². The predicted octanol–water partition coefficient (Wildman–Crippen LogP) is 5.15. The topological polar surface area (TPSA) is 96.7 Å². The molecule has 200 valence electrons. The molecule has 0 radical (unpaired) electrons. The molecule has 2 N–H and O–H groups in total. The Kier molecular flexibility index (Phi) is 9.50. The second kappa shape index (κ2) is 12.0. The molecular weight excluding hydrogens is 454 g/mol. The van der Waals surface area contributed by atoms with E-state index in [1.807, 2.05) is 32.2 Å². The van der Waals surface area contributed by atoms with Gasteiger partial charge in [0.25, 0.3) is 0 Å². The molecule has 1 aliphatic carbocycles. The highest BCUT2D eigenvalue weighted by Crippen LogP contribution is 2.47. The van der Waals surface area contributed by atoms with Crippen LogP contribution in [0, 0.1) is 29.1 Å². The summed E-state index contributed by atoms with van der Waals surface area (Å²) in [5.74, 6) is -0.270. The van der Waals surface area contributed by atoms with Crippen LogP contribution in [0.4, 0.5) is 0 Å². The minimum absolute atomic E-state index is 0.00325. The fourth-order valence-corrected chi connectivity index (χ4v) is 5.50. The molecule has 1 aromatic heterocycles. The van der Waals surface area contributed by atoms with Crippen LogP contribution in [-0.2, 0) is 20.7 Å². The Morgan fingerprint density at radius 3 is 2.50 bits per heavy atom. The van der Waals surface area contributed by atoms with E-state index in [-0.39, 0.29) is 18.1 Å². The lowest BCUT2D eigenvalue weighted by molar-refractivity contribution is -0.154. The quantitative estimate of drug-likeness (QED) is 0.559. The van der Waals surface area contributed by atoms with E-state index >= 15 is 0 Å². The summed E-state index contributed by atoms with van der Waals surface area (Å²) in [6.07, 6.45) is 6.96. The molecule has 0 unspecified atom stereocenters. The minimum Gasteiger partial charge on any atom is -0.458 e. The van der Waals surface area contributed by atoms with Crippen molar-refractivity contribution in [1.82, 2.24) is 4.98 Å². The number of hydrogen-bond acceptors (Lipinski definition) is 6. The molecule has 7 atom stereocenters. The highest BCUT2D eigenvalue weighted by atomic mass is 16.5. The van der Waals surface area contributed by atoms with Crippen molar-refractivity contribution in [3.63, 3.8) is 0 Å². The van der Waals surface area contributed by atoms with Gasteiger partial charge < -0.3 is 14.9 Å². The first kappa shape index (κ1) is 28.5. The van der Waals surface area contributed by atoms with Crippen LogP contribution in [0.15, 0.2) is 23.9 Å². The van der Waals surface area contributed by atoms with E-state index in [4.69, 9.17) is 4.74 Å². The normalized spacial score (nSPS) is 34.6. The van der Waals surface area contributed by atoms with Gasteiger partial charge in [-0.2, -0.15) is 0 Å². The molecule has 0 spiro atoms. The van der Waals surface area contributed by atoms with Gasteiger partial charge >= 0.3 is 5.97 Å². The van der Waals surface area contributed by atoms with E-state index in [1.54, 1.807) is 20.8 Å². The Morgan fingerprint density at radius 1 is 1.14 bits per heavy atom. The Hall–Kier alpha value is -2.05. The van der Waals surface area contributed by atoms with Crippen LogP contribution in [0.1, 0.15) is 91.3 Å². The molecule has 0 amide bonds. The van der Waals surface area contributed by atoms with Gasteiger partial charge in [0.2, 0.25) is 0 Å². The number of esters is 1. The summed E-state index contributed by atoms with van der Waals surface area (Å²) in [7, 11) is 0. The van der Waals surface area contributed by atoms with Crippen molar-refractivity contribution in [2.24, 2.45) is 29.1 Å². The summed E-state index contributed by atoms with van der Waals surface area (Å²) in [5.41, 5.74) is 1.75. The number of ketones is 1. The fourth-order valence-electron chi connectivity index (χ4n) is 5.50. The highest BCUT2D eigenvalue weighted by Gasteiger charge is 2.43. The highest BCUT2D eigenvalue weighted by molar-refractivity contribution is 5.88. The number of aryl methyl sites for hydroxylation is 1. The lowest BCUT2D eigenvalue weighted by atomic mass is 9.73. The van der Waals surface area contributed by atoms with Crippen LogP contribution in [0.3, 0.4) is 0 Å². The number of hydrogen-bond donors (Lipinski definition) is 2. The van der Waals surface area contributed by atoms with E-state index in [2.05, 4.69) is 18.0 Å². The average Bonchev–Trinajstić information content (AvgIpc) is 3.59. The van der Waals surface area contributed by atoms with Gasteiger partial charge in [-0.25, -0.2) is 0 Å². The van der Waals surface area contributed by atoms with Crippen molar-refractivity contribution in [3.8, 4) is 0 Å². The zero-order chi connectivity index (χ0) is 26.6. The third kappa shape index (κ3) is 7.04. The number of rotatable bonds is 3. The SMILES string of the molecule is CCc1ccc(/C=C(\C)[C@@H]2C[C@@H]3C[C@@H]3CCC[C@H](C)[C@H](O)[C@@H](C)C(=O)C(C)(C)[C@@H](O)CC(=O)O2)nc1. The molecule has 0 aromatic carbocycles. The van der Waals surface area contributed by atoms with Crippen molar-refractivity contribution in [2.45, 2.75) is 105 Å². The number of aliphatic hydroxyl groups is 2. The van der Waals surface area contributed by atoms with E-state index in [9.17, 15) is 19.8 Å². The van der Waals surface area contributed by atoms with Crippen molar-refractivity contribution >= 4 is 17.8 Å². The maximum atomic E-state index is 13.2. The van der Waals surface area contributed by atoms with Crippen molar-refractivity contribution < 1.29 is 24.5 Å². The van der Waals surface area contributed by atoms with Gasteiger partial charge in [0.1, 0.15) is 11.9 Å². The van der Waals surface area contributed by atoms with Gasteiger partial charge in [-0.15, -0.1) is 0 Å². The molecule has 1 saturated heterocycles. The second-order valence-electron chi connectivity index (χ2n) is 11.8. The van der Waals surface area contributed by atoms with E-state index in [0.717, 1.165) is 49.8 Å². The number of carbonyl (C=O) groups excluding carboxylic acids is 2. The Morgan fingerprint density at radius 2 is 1.86 bits per heavy atom. The van der Waals surface area contributed by atoms with Gasteiger partial charge in [0.15, 0.2) is 0 Å². The Balaban J connectivity index is 1.82. The van der Waals surface area contributed by atoms with Gasteiger partial charge in [0, 0.05) is 12.1 Å². The summed E-state index contributed by atoms with van der Waals surface area (Å²) < 4.78 is 5.94. The first-order chi connectivity index (χ1) is 16.9. The smallest absolute Gasteiger partial charge is 0.309 e. The Bertz CT molecular complexity index is 937. The van der Waals surface area contributed by atoms with Gasteiger partial charge in [-0.05, 0) is 73.6 Å². The second-order valence-corrected chi connectivity index (χ2v) is 11.8. The van der Waals surface area contributed by atoms with Crippen LogP contribution < -0.4 is 0 Å². The molecule has 1 aliphatic heterocycles. The zero-order valence-corrected chi connectivity index (χ0v) is 22.9.